The lowest BCUT2D eigenvalue weighted by Crippen LogP contribution is -2.12. The molecule has 0 aliphatic rings. The standard InChI is InChI=1S/C23H17Cl2N3O/c1-14-2-3-15(23(29)27-18-7-4-16(24)5-8-18)12-21(14)28-20-10-11-26-22-13-17(25)6-9-19(20)22/h2-13H,1H3,(H,26,28)(H,27,29). The van der Waals surface area contributed by atoms with E-state index >= 15 is 0 Å². The van der Waals surface area contributed by atoms with Crippen LogP contribution >= 0.6 is 23.2 Å². The Morgan fingerprint density at radius 1 is 0.862 bits per heavy atom. The topological polar surface area (TPSA) is 54.0 Å². The fourth-order valence-corrected chi connectivity index (χ4v) is 3.30. The van der Waals surface area contributed by atoms with Gasteiger partial charge in [-0.1, -0.05) is 29.3 Å². The highest BCUT2D eigenvalue weighted by atomic mass is 35.5. The molecule has 0 unspecified atom stereocenters. The van der Waals surface area contributed by atoms with Crippen LogP contribution in [0.3, 0.4) is 0 Å². The minimum absolute atomic E-state index is 0.193. The van der Waals surface area contributed by atoms with Crippen molar-refractivity contribution in [2.75, 3.05) is 10.6 Å². The number of pyridine rings is 1. The highest BCUT2D eigenvalue weighted by Crippen LogP contribution is 2.29. The van der Waals surface area contributed by atoms with Crippen LogP contribution in [0.15, 0.2) is 72.9 Å². The van der Waals surface area contributed by atoms with Gasteiger partial charge in [0.05, 0.1) is 5.52 Å². The number of carbonyl (C=O) groups excluding carboxylic acids is 1. The Kier molecular flexibility index (Phi) is 5.38. The van der Waals surface area contributed by atoms with Crippen molar-refractivity contribution < 1.29 is 4.79 Å². The zero-order chi connectivity index (χ0) is 20.4. The molecule has 4 nitrogen and oxygen atoms in total. The second kappa shape index (κ2) is 8.11. The minimum Gasteiger partial charge on any atom is -0.355 e. The molecule has 0 saturated heterocycles. The average Bonchev–Trinajstić information content (AvgIpc) is 2.71. The molecule has 0 aliphatic heterocycles. The summed E-state index contributed by atoms with van der Waals surface area (Å²) in [6.45, 7) is 1.99. The third kappa shape index (κ3) is 4.34. The molecule has 0 saturated carbocycles. The Hall–Kier alpha value is -3.08. The van der Waals surface area contributed by atoms with Crippen molar-refractivity contribution in [3.63, 3.8) is 0 Å². The van der Waals surface area contributed by atoms with E-state index in [0.717, 1.165) is 27.8 Å². The molecule has 3 aromatic carbocycles. The molecule has 1 aromatic heterocycles. The van der Waals surface area contributed by atoms with E-state index in [-0.39, 0.29) is 5.91 Å². The summed E-state index contributed by atoms with van der Waals surface area (Å²) in [6, 6.07) is 20.0. The van der Waals surface area contributed by atoms with Gasteiger partial charge in [0.25, 0.3) is 5.91 Å². The van der Waals surface area contributed by atoms with Gasteiger partial charge in [-0.15, -0.1) is 0 Å². The number of aryl methyl sites for hydroxylation is 1. The third-order valence-corrected chi connectivity index (χ3v) is 5.06. The Bertz CT molecular complexity index is 1210. The molecular weight excluding hydrogens is 405 g/mol. The summed E-state index contributed by atoms with van der Waals surface area (Å²) >= 11 is 12.0. The molecular formula is C23H17Cl2N3O. The number of nitrogens with one attached hydrogen (secondary N) is 2. The first-order valence-electron chi connectivity index (χ1n) is 8.98. The van der Waals surface area contributed by atoms with Crippen molar-refractivity contribution in [2.45, 2.75) is 6.92 Å². The summed E-state index contributed by atoms with van der Waals surface area (Å²) in [6.07, 6.45) is 1.73. The molecule has 0 spiro atoms. The molecule has 1 amide bonds. The van der Waals surface area contributed by atoms with Crippen LogP contribution in [0.25, 0.3) is 10.9 Å². The first-order chi connectivity index (χ1) is 14.0. The first kappa shape index (κ1) is 19.2. The van der Waals surface area contributed by atoms with Gasteiger partial charge >= 0.3 is 0 Å². The van der Waals surface area contributed by atoms with Gasteiger partial charge in [0.1, 0.15) is 0 Å². The summed E-state index contributed by atoms with van der Waals surface area (Å²) in [5.41, 5.74) is 4.80. The largest absolute Gasteiger partial charge is 0.355 e. The number of halogens is 2. The highest BCUT2D eigenvalue weighted by Gasteiger charge is 2.10. The number of carbonyl (C=O) groups is 1. The quantitative estimate of drug-likeness (QED) is 0.378. The minimum atomic E-state index is -0.193. The monoisotopic (exact) mass is 421 g/mol. The molecule has 144 valence electrons. The van der Waals surface area contributed by atoms with Crippen LogP contribution in [0.4, 0.5) is 17.1 Å². The van der Waals surface area contributed by atoms with Crippen molar-refractivity contribution in [3.05, 3.63) is 94.1 Å². The van der Waals surface area contributed by atoms with E-state index in [4.69, 9.17) is 23.2 Å². The third-order valence-electron chi connectivity index (χ3n) is 4.58. The van der Waals surface area contributed by atoms with Crippen molar-refractivity contribution in [2.24, 2.45) is 0 Å². The molecule has 4 rings (SSSR count). The van der Waals surface area contributed by atoms with E-state index in [1.165, 1.54) is 0 Å². The number of aromatic nitrogens is 1. The van der Waals surface area contributed by atoms with E-state index < -0.39 is 0 Å². The number of rotatable bonds is 4. The van der Waals surface area contributed by atoms with Crippen molar-refractivity contribution in [3.8, 4) is 0 Å². The van der Waals surface area contributed by atoms with Crippen LogP contribution in [0.2, 0.25) is 10.0 Å². The van der Waals surface area contributed by atoms with Gasteiger partial charge in [-0.25, -0.2) is 0 Å². The van der Waals surface area contributed by atoms with Gasteiger partial charge in [-0.2, -0.15) is 0 Å². The number of benzene rings is 3. The SMILES string of the molecule is Cc1ccc(C(=O)Nc2ccc(Cl)cc2)cc1Nc1ccnc2cc(Cl)ccc12. The molecule has 6 heteroatoms. The number of hydrogen-bond donors (Lipinski definition) is 2. The molecule has 0 fully saturated rings. The molecule has 29 heavy (non-hydrogen) atoms. The number of amides is 1. The van der Waals surface area contributed by atoms with Crippen LogP contribution in [0, 0.1) is 6.92 Å². The van der Waals surface area contributed by atoms with Crippen molar-refractivity contribution >= 4 is 57.1 Å². The zero-order valence-corrected chi connectivity index (χ0v) is 17.1. The van der Waals surface area contributed by atoms with E-state index in [1.54, 1.807) is 36.5 Å². The Morgan fingerprint density at radius 3 is 2.41 bits per heavy atom. The summed E-state index contributed by atoms with van der Waals surface area (Å²) in [5.74, 6) is -0.193. The maximum Gasteiger partial charge on any atom is 0.255 e. The van der Waals surface area contributed by atoms with Crippen molar-refractivity contribution in [1.29, 1.82) is 0 Å². The summed E-state index contributed by atoms with van der Waals surface area (Å²) < 4.78 is 0. The summed E-state index contributed by atoms with van der Waals surface area (Å²) in [7, 11) is 0. The van der Waals surface area contributed by atoms with Gasteiger partial charge in [-0.05, 0) is 73.2 Å². The Labute approximate surface area is 178 Å². The lowest BCUT2D eigenvalue weighted by molar-refractivity contribution is 0.102. The number of fused-ring (bicyclic) bond motifs is 1. The Morgan fingerprint density at radius 2 is 1.62 bits per heavy atom. The zero-order valence-electron chi connectivity index (χ0n) is 15.5. The van der Waals surface area contributed by atoms with E-state index in [9.17, 15) is 4.79 Å². The van der Waals surface area contributed by atoms with E-state index in [0.29, 0.717) is 21.3 Å². The summed E-state index contributed by atoms with van der Waals surface area (Å²) in [4.78, 5) is 17.0. The molecule has 0 radical (unpaired) electrons. The fourth-order valence-electron chi connectivity index (χ4n) is 3.01. The first-order valence-corrected chi connectivity index (χ1v) is 9.74. The van der Waals surface area contributed by atoms with E-state index in [2.05, 4.69) is 15.6 Å². The maximum atomic E-state index is 12.7. The smallest absolute Gasteiger partial charge is 0.255 e. The number of nitrogens with zero attached hydrogens (tertiary/aromatic N) is 1. The van der Waals surface area contributed by atoms with E-state index in [1.807, 2.05) is 43.3 Å². The number of hydrogen-bond acceptors (Lipinski definition) is 3. The van der Waals surface area contributed by atoms with Gasteiger partial charge in [-0.3, -0.25) is 9.78 Å². The van der Waals surface area contributed by atoms with Gasteiger partial charge in [0.2, 0.25) is 0 Å². The normalized spacial score (nSPS) is 10.7. The molecule has 4 aromatic rings. The van der Waals surface area contributed by atoms with Crippen LogP contribution in [0.1, 0.15) is 15.9 Å². The number of anilines is 3. The maximum absolute atomic E-state index is 12.7. The second-order valence-electron chi connectivity index (χ2n) is 6.64. The molecule has 0 aliphatic carbocycles. The van der Waals surface area contributed by atoms with Gasteiger partial charge < -0.3 is 10.6 Å². The average molecular weight is 422 g/mol. The van der Waals surface area contributed by atoms with Crippen molar-refractivity contribution in [1.82, 2.24) is 4.98 Å². The van der Waals surface area contributed by atoms with Gasteiger partial charge in [0.15, 0.2) is 0 Å². The van der Waals surface area contributed by atoms with Crippen LogP contribution in [0.5, 0.6) is 0 Å². The van der Waals surface area contributed by atoms with Crippen LogP contribution in [-0.2, 0) is 0 Å². The summed E-state index contributed by atoms with van der Waals surface area (Å²) in [5, 5.41) is 8.51. The lowest BCUT2D eigenvalue weighted by Gasteiger charge is -2.14. The predicted molar refractivity (Wildman–Crippen MR) is 121 cm³/mol. The fraction of sp³-hybridized carbons (Fsp3) is 0.0435. The molecule has 1 heterocycles. The van der Waals surface area contributed by atoms with Gasteiger partial charge in [0, 0.05) is 44.3 Å². The molecule has 2 N–H and O–H groups in total. The second-order valence-corrected chi connectivity index (χ2v) is 7.51. The van der Waals surface area contributed by atoms with Crippen LogP contribution < -0.4 is 10.6 Å². The predicted octanol–water partition coefficient (Wildman–Crippen LogP) is 6.85. The highest BCUT2D eigenvalue weighted by molar-refractivity contribution is 6.31. The lowest BCUT2D eigenvalue weighted by atomic mass is 10.1. The Balaban J connectivity index is 1.62. The molecule has 0 bridgehead atoms. The molecule has 0 atom stereocenters. The van der Waals surface area contributed by atoms with Crippen LogP contribution in [-0.4, -0.2) is 10.9 Å².